The molecule has 2 aliphatic carbocycles. The van der Waals surface area contributed by atoms with Crippen molar-refractivity contribution in [3.05, 3.63) is 46.2 Å². The smallest absolute Gasteiger partial charge is 0.323 e. The fraction of sp³-hybridized carbons (Fsp3) is 0.435. The molecule has 0 radical (unpaired) electrons. The van der Waals surface area contributed by atoms with Crippen LogP contribution in [-0.2, 0) is 10.0 Å². The zero-order valence-corrected chi connectivity index (χ0v) is 20.9. The van der Waals surface area contributed by atoms with Crippen LogP contribution in [0.5, 0.6) is 5.75 Å². The Kier molecular flexibility index (Phi) is 6.60. The van der Waals surface area contributed by atoms with Crippen LogP contribution in [0.4, 0.5) is 20.6 Å². The van der Waals surface area contributed by atoms with Gasteiger partial charge in [0, 0.05) is 19.1 Å². The Morgan fingerprint density at radius 2 is 1.86 bits per heavy atom. The highest BCUT2D eigenvalue weighted by Crippen LogP contribution is 2.52. The van der Waals surface area contributed by atoms with Crippen molar-refractivity contribution in [3.8, 4) is 5.75 Å². The molecule has 0 spiro atoms. The maximum absolute atomic E-state index is 13.6. The first-order valence-corrected chi connectivity index (χ1v) is 13.6. The van der Waals surface area contributed by atoms with Crippen LogP contribution in [0.3, 0.4) is 0 Å². The summed E-state index contributed by atoms with van der Waals surface area (Å²) in [6.07, 6.45) is 3.40. The monoisotopic (exact) mass is 542 g/mol. The van der Waals surface area contributed by atoms with Gasteiger partial charge in [-0.25, -0.2) is 17.6 Å². The fourth-order valence-electron chi connectivity index (χ4n) is 4.71. The number of nitrogens with zero attached hydrogens (tertiary/aromatic N) is 1. The SMILES string of the molecule is O=C(Nc1ccc(Cl)c(S(=O)(=O)N2CC3CC3[C@H]2CNCC2CC2)c1O)Nc1cccc(F)c1Cl. The van der Waals surface area contributed by atoms with Gasteiger partial charge >= 0.3 is 6.03 Å². The van der Waals surface area contributed by atoms with Crippen LogP contribution in [0.2, 0.25) is 10.0 Å². The van der Waals surface area contributed by atoms with Crippen LogP contribution in [0, 0.1) is 23.6 Å². The molecular formula is C23H25Cl2FN4O4S. The minimum atomic E-state index is -4.15. The van der Waals surface area contributed by atoms with Crippen molar-refractivity contribution in [3.63, 3.8) is 0 Å². The number of phenols is 1. The summed E-state index contributed by atoms with van der Waals surface area (Å²) < 4.78 is 42.3. The van der Waals surface area contributed by atoms with E-state index in [1.807, 2.05) is 0 Å². The molecule has 2 aromatic carbocycles. The summed E-state index contributed by atoms with van der Waals surface area (Å²) in [7, 11) is -4.15. The van der Waals surface area contributed by atoms with Crippen LogP contribution >= 0.6 is 23.2 Å². The maximum atomic E-state index is 13.6. The average Bonchev–Trinajstić information content (AvgIpc) is 3.72. The number of hydrogen-bond acceptors (Lipinski definition) is 5. The first kappa shape index (κ1) is 24.6. The van der Waals surface area contributed by atoms with Gasteiger partial charge < -0.3 is 21.1 Å². The lowest BCUT2D eigenvalue weighted by Gasteiger charge is -2.28. The summed E-state index contributed by atoms with van der Waals surface area (Å²) in [5.41, 5.74) is -0.144. The van der Waals surface area contributed by atoms with Crippen molar-refractivity contribution < 1.29 is 22.7 Å². The summed E-state index contributed by atoms with van der Waals surface area (Å²) in [5.74, 6) is -0.103. The van der Waals surface area contributed by atoms with E-state index in [4.69, 9.17) is 23.2 Å². The molecule has 0 bridgehead atoms. The van der Waals surface area contributed by atoms with E-state index in [0.29, 0.717) is 30.8 Å². The van der Waals surface area contributed by atoms with E-state index >= 15 is 0 Å². The molecule has 3 aliphatic rings. The minimum absolute atomic E-state index is 0.0169. The van der Waals surface area contributed by atoms with Crippen LogP contribution in [0.15, 0.2) is 35.2 Å². The fourth-order valence-corrected chi connectivity index (χ4v) is 7.20. The number of benzene rings is 2. The van der Waals surface area contributed by atoms with Gasteiger partial charge in [0.15, 0.2) is 5.75 Å². The molecule has 5 rings (SSSR count). The number of nitrogens with one attached hydrogen (secondary N) is 3. The zero-order valence-electron chi connectivity index (χ0n) is 18.6. The third kappa shape index (κ3) is 4.95. The van der Waals surface area contributed by atoms with Crippen LogP contribution in [-0.4, -0.2) is 49.5 Å². The quantitative estimate of drug-likeness (QED) is 0.367. The molecular weight excluding hydrogens is 518 g/mol. The number of carbonyl (C=O) groups is 1. The highest BCUT2D eigenvalue weighted by Gasteiger charge is 2.56. The molecule has 2 aromatic rings. The summed E-state index contributed by atoms with van der Waals surface area (Å²) >= 11 is 12.1. The normalized spacial score (nSPS) is 23.7. The number of fused-ring (bicyclic) bond motifs is 1. The number of halogens is 3. The molecule has 188 valence electrons. The second-order valence-corrected chi connectivity index (χ2v) is 12.0. The lowest BCUT2D eigenvalue weighted by Crippen LogP contribution is -2.44. The first-order chi connectivity index (χ1) is 16.7. The predicted molar refractivity (Wildman–Crippen MR) is 132 cm³/mol. The highest BCUT2D eigenvalue weighted by atomic mass is 35.5. The molecule has 2 unspecified atom stereocenters. The van der Waals surface area contributed by atoms with E-state index in [2.05, 4.69) is 16.0 Å². The maximum Gasteiger partial charge on any atom is 0.323 e. The van der Waals surface area contributed by atoms with E-state index in [1.165, 1.54) is 41.4 Å². The minimum Gasteiger partial charge on any atom is -0.504 e. The first-order valence-electron chi connectivity index (χ1n) is 11.4. The van der Waals surface area contributed by atoms with Gasteiger partial charge in [-0.2, -0.15) is 4.31 Å². The van der Waals surface area contributed by atoms with Gasteiger partial charge in [0.25, 0.3) is 0 Å². The molecule has 2 amide bonds. The Hall–Kier alpha value is -2.11. The molecule has 0 aromatic heterocycles. The van der Waals surface area contributed by atoms with Gasteiger partial charge in [-0.15, -0.1) is 0 Å². The summed E-state index contributed by atoms with van der Waals surface area (Å²) in [4.78, 5) is 12.0. The zero-order chi connectivity index (χ0) is 24.9. The van der Waals surface area contributed by atoms with Crippen molar-refractivity contribution >= 4 is 50.6 Å². The number of phenolic OH excluding ortho intramolecular Hbond substituents is 1. The molecule has 1 saturated heterocycles. The van der Waals surface area contributed by atoms with Crippen molar-refractivity contribution in [2.24, 2.45) is 17.8 Å². The van der Waals surface area contributed by atoms with Gasteiger partial charge in [-0.1, -0.05) is 29.3 Å². The number of aromatic hydroxyl groups is 1. The lowest BCUT2D eigenvalue weighted by molar-refractivity contribution is 0.262. The Morgan fingerprint density at radius 1 is 1.11 bits per heavy atom. The topological polar surface area (TPSA) is 111 Å². The number of rotatable bonds is 8. The molecule has 4 N–H and O–H groups in total. The Balaban J connectivity index is 1.35. The summed E-state index contributed by atoms with van der Waals surface area (Å²) in [6.45, 7) is 1.79. The third-order valence-electron chi connectivity index (χ3n) is 6.84. The van der Waals surface area contributed by atoms with Gasteiger partial charge in [0.1, 0.15) is 10.7 Å². The van der Waals surface area contributed by atoms with E-state index in [1.54, 1.807) is 0 Å². The molecule has 1 heterocycles. The number of urea groups is 1. The van der Waals surface area contributed by atoms with Gasteiger partial charge in [0.05, 0.1) is 21.4 Å². The van der Waals surface area contributed by atoms with Crippen LogP contribution in [0.25, 0.3) is 0 Å². The summed E-state index contributed by atoms with van der Waals surface area (Å²) in [5, 5.41) is 18.6. The predicted octanol–water partition coefficient (Wildman–Crippen LogP) is 4.49. The van der Waals surface area contributed by atoms with E-state index in [0.717, 1.165) is 19.0 Å². The lowest BCUT2D eigenvalue weighted by atomic mass is 10.2. The largest absolute Gasteiger partial charge is 0.504 e. The Morgan fingerprint density at radius 3 is 2.60 bits per heavy atom. The van der Waals surface area contributed by atoms with Gasteiger partial charge in [-0.05, 0) is 67.8 Å². The second kappa shape index (κ2) is 9.40. The Labute approximate surface area is 212 Å². The number of piperidine rings is 1. The Bertz CT molecular complexity index is 1270. The van der Waals surface area contributed by atoms with Gasteiger partial charge in [0.2, 0.25) is 10.0 Å². The summed E-state index contributed by atoms with van der Waals surface area (Å²) in [6, 6.07) is 5.45. The molecule has 35 heavy (non-hydrogen) atoms. The number of sulfonamides is 1. The van der Waals surface area contributed by atoms with Crippen molar-refractivity contribution in [2.75, 3.05) is 30.3 Å². The van der Waals surface area contributed by atoms with E-state index in [-0.39, 0.29) is 27.5 Å². The van der Waals surface area contributed by atoms with Crippen molar-refractivity contribution in [1.29, 1.82) is 0 Å². The van der Waals surface area contributed by atoms with Gasteiger partial charge in [-0.3, -0.25) is 0 Å². The highest BCUT2D eigenvalue weighted by molar-refractivity contribution is 7.89. The molecule has 1 aliphatic heterocycles. The van der Waals surface area contributed by atoms with Crippen LogP contribution < -0.4 is 16.0 Å². The average molecular weight is 543 g/mol. The van der Waals surface area contributed by atoms with E-state index in [9.17, 15) is 22.7 Å². The number of anilines is 2. The third-order valence-corrected chi connectivity index (χ3v) is 9.62. The standard InChI is InChI=1S/C23H25Cl2FN4O4S/c24-15-6-7-18(29-23(32)28-17-3-1-2-16(26)20(17)25)21(31)22(15)35(33,34)30-11-13-8-14(13)19(30)10-27-9-12-4-5-12/h1-3,6-7,12-14,19,27,31H,4-5,8-11H2,(H2,28,29,32)/t13?,14?,19-/m1/s1. The van der Waals surface area contributed by atoms with Crippen LogP contribution in [0.1, 0.15) is 19.3 Å². The molecule has 2 saturated carbocycles. The molecule has 3 fully saturated rings. The number of amides is 2. The molecule has 3 atom stereocenters. The molecule has 12 heteroatoms. The van der Waals surface area contributed by atoms with Crippen molar-refractivity contribution in [2.45, 2.75) is 30.2 Å². The number of hydrogen-bond donors (Lipinski definition) is 4. The van der Waals surface area contributed by atoms with E-state index < -0.39 is 32.5 Å². The number of carbonyl (C=O) groups excluding carboxylic acids is 1. The van der Waals surface area contributed by atoms with Crippen molar-refractivity contribution in [1.82, 2.24) is 9.62 Å². The molecule has 8 nitrogen and oxygen atoms in total. The second-order valence-electron chi connectivity index (χ2n) is 9.36.